The molecule has 1 aliphatic rings. The third kappa shape index (κ3) is 3.40. The fraction of sp³-hybridized carbons (Fsp3) is 0.875. The van der Waals surface area contributed by atoms with Gasteiger partial charge in [0.2, 0.25) is 5.89 Å². The van der Waals surface area contributed by atoms with Crippen LogP contribution in [0.1, 0.15) is 83.9 Å². The summed E-state index contributed by atoms with van der Waals surface area (Å²) in [6.07, 6.45) is 4.23. The zero-order valence-corrected chi connectivity index (χ0v) is 13.4. The molecule has 2 unspecified atom stereocenters. The molecular weight excluding hydrogens is 252 g/mol. The van der Waals surface area contributed by atoms with E-state index in [-0.39, 0.29) is 11.8 Å². The molecule has 4 nitrogen and oxygen atoms in total. The van der Waals surface area contributed by atoms with Gasteiger partial charge in [0.05, 0.1) is 12.0 Å². The molecule has 1 fully saturated rings. The lowest BCUT2D eigenvalue weighted by atomic mass is 9.73. The van der Waals surface area contributed by atoms with Crippen molar-refractivity contribution in [2.45, 2.75) is 78.2 Å². The number of hydrogen-bond donors (Lipinski definition) is 1. The van der Waals surface area contributed by atoms with E-state index in [1.165, 1.54) is 12.8 Å². The van der Waals surface area contributed by atoms with Crippen LogP contribution in [-0.4, -0.2) is 21.4 Å². The lowest BCUT2D eigenvalue weighted by molar-refractivity contribution is 0.120. The Balaban J connectivity index is 2.09. The Morgan fingerprint density at radius 1 is 1.20 bits per heavy atom. The summed E-state index contributed by atoms with van der Waals surface area (Å²) in [7, 11) is 0. The van der Waals surface area contributed by atoms with Gasteiger partial charge in [0.15, 0.2) is 5.82 Å². The van der Waals surface area contributed by atoms with Crippen LogP contribution in [0.3, 0.4) is 0 Å². The zero-order valence-electron chi connectivity index (χ0n) is 13.4. The normalized spacial score (nSPS) is 22.9. The van der Waals surface area contributed by atoms with Crippen molar-refractivity contribution in [1.82, 2.24) is 10.1 Å². The van der Waals surface area contributed by atoms with Gasteiger partial charge in [-0.15, -0.1) is 0 Å². The van der Waals surface area contributed by atoms with Crippen LogP contribution in [0.5, 0.6) is 0 Å². The minimum Gasteiger partial charge on any atom is -0.393 e. The minimum absolute atomic E-state index is 0.0729. The molecule has 0 radical (unpaired) electrons. The summed E-state index contributed by atoms with van der Waals surface area (Å²) in [4.78, 5) is 4.59. The van der Waals surface area contributed by atoms with E-state index in [1.54, 1.807) is 6.92 Å². The summed E-state index contributed by atoms with van der Waals surface area (Å²) in [6.45, 7) is 10.6. The van der Waals surface area contributed by atoms with Crippen molar-refractivity contribution in [3.8, 4) is 0 Å². The third-order valence-corrected chi connectivity index (χ3v) is 4.68. The molecule has 1 N–H and O–H groups in total. The number of aliphatic hydroxyl groups excluding tert-OH is 1. The van der Waals surface area contributed by atoms with Crippen molar-refractivity contribution in [1.29, 1.82) is 0 Å². The second kappa shape index (κ2) is 5.84. The third-order valence-electron chi connectivity index (χ3n) is 4.68. The maximum atomic E-state index is 9.90. The Labute approximate surface area is 122 Å². The van der Waals surface area contributed by atoms with E-state index in [9.17, 15) is 5.11 Å². The largest absolute Gasteiger partial charge is 0.393 e. The predicted octanol–water partition coefficient (Wildman–Crippen LogP) is 3.87. The van der Waals surface area contributed by atoms with Crippen LogP contribution in [0.4, 0.5) is 0 Å². The number of aromatic nitrogens is 2. The van der Waals surface area contributed by atoms with Gasteiger partial charge in [0, 0.05) is 5.92 Å². The van der Waals surface area contributed by atoms with Gasteiger partial charge in [-0.2, -0.15) is 4.98 Å². The van der Waals surface area contributed by atoms with Crippen LogP contribution in [0, 0.1) is 11.3 Å². The second-order valence-corrected chi connectivity index (χ2v) is 7.44. The van der Waals surface area contributed by atoms with Crippen LogP contribution in [-0.2, 0) is 0 Å². The standard InChI is InChI=1S/C16H28N2O2/c1-10(2)13(11(3)19)15-17-14(18-20-15)12-6-8-16(4,5)9-7-12/h10-13,19H,6-9H2,1-5H3. The summed E-state index contributed by atoms with van der Waals surface area (Å²) in [5.74, 6) is 2.06. The molecule has 1 aromatic heterocycles. The van der Waals surface area contributed by atoms with Gasteiger partial charge in [-0.1, -0.05) is 32.9 Å². The average molecular weight is 280 g/mol. The van der Waals surface area contributed by atoms with Crippen molar-refractivity contribution < 1.29 is 9.63 Å². The first-order chi connectivity index (χ1) is 9.30. The lowest BCUT2D eigenvalue weighted by Gasteiger charge is -2.32. The van der Waals surface area contributed by atoms with Crippen LogP contribution in [0.15, 0.2) is 4.52 Å². The molecule has 114 valence electrons. The van der Waals surface area contributed by atoms with Gasteiger partial charge in [0.25, 0.3) is 0 Å². The van der Waals surface area contributed by atoms with Crippen molar-refractivity contribution in [3.05, 3.63) is 11.7 Å². The van der Waals surface area contributed by atoms with E-state index in [0.29, 0.717) is 17.2 Å². The SMILES string of the molecule is CC(C)C(c1nc(C2CCC(C)(C)CC2)no1)C(C)O. The zero-order chi connectivity index (χ0) is 14.9. The quantitative estimate of drug-likeness (QED) is 0.909. The molecule has 1 aliphatic carbocycles. The van der Waals surface area contributed by atoms with E-state index in [2.05, 4.69) is 37.8 Å². The Kier molecular flexibility index (Phi) is 4.52. The van der Waals surface area contributed by atoms with Gasteiger partial charge in [-0.25, -0.2) is 0 Å². The topological polar surface area (TPSA) is 59.2 Å². The van der Waals surface area contributed by atoms with Crippen LogP contribution in [0.2, 0.25) is 0 Å². The highest BCUT2D eigenvalue weighted by atomic mass is 16.5. The number of aliphatic hydroxyl groups is 1. The average Bonchev–Trinajstić information content (AvgIpc) is 2.77. The molecule has 0 amide bonds. The highest BCUT2D eigenvalue weighted by Gasteiger charge is 2.32. The van der Waals surface area contributed by atoms with Crippen LogP contribution in [0.25, 0.3) is 0 Å². The molecule has 2 atom stereocenters. The van der Waals surface area contributed by atoms with E-state index in [0.717, 1.165) is 18.7 Å². The molecule has 0 spiro atoms. The van der Waals surface area contributed by atoms with Crippen LogP contribution >= 0.6 is 0 Å². The number of rotatable bonds is 4. The van der Waals surface area contributed by atoms with Crippen molar-refractivity contribution in [3.63, 3.8) is 0 Å². The summed E-state index contributed by atoms with van der Waals surface area (Å²) in [5, 5.41) is 14.1. The summed E-state index contributed by atoms with van der Waals surface area (Å²) in [6, 6.07) is 0. The lowest BCUT2D eigenvalue weighted by Crippen LogP contribution is -2.22. The molecule has 1 saturated carbocycles. The second-order valence-electron chi connectivity index (χ2n) is 7.44. The molecule has 0 saturated heterocycles. The predicted molar refractivity (Wildman–Crippen MR) is 78.5 cm³/mol. The molecule has 2 rings (SSSR count). The first-order valence-electron chi connectivity index (χ1n) is 7.82. The van der Waals surface area contributed by atoms with Crippen LogP contribution < -0.4 is 0 Å². The fourth-order valence-electron chi connectivity index (χ4n) is 3.25. The highest BCUT2D eigenvalue weighted by Crippen LogP contribution is 2.42. The van der Waals surface area contributed by atoms with Gasteiger partial charge in [-0.05, 0) is 43.9 Å². The van der Waals surface area contributed by atoms with E-state index in [1.807, 2.05) is 0 Å². The number of hydrogen-bond acceptors (Lipinski definition) is 4. The summed E-state index contributed by atoms with van der Waals surface area (Å²) < 4.78 is 5.43. The van der Waals surface area contributed by atoms with Crippen molar-refractivity contribution in [2.75, 3.05) is 0 Å². The Morgan fingerprint density at radius 2 is 1.80 bits per heavy atom. The summed E-state index contributed by atoms with van der Waals surface area (Å²) >= 11 is 0. The molecular formula is C16H28N2O2. The summed E-state index contributed by atoms with van der Waals surface area (Å²) in [5.41, 5.74) is 0.448. The fourth-order valence-corrected chi connectivity index (χ4v) is 3.25. The molecule has 20 heavy (non-hydrogen) atoms. The molecule has 4 heteroatoms. The first-order valence-corrected chi connectivity index (χ1v) is 7.82. The smallest absolute Gasteiger partial charge is 0.232 e. The first kappa shape index (κ1) is 15.5. The van der Waals surface area contributed by atoms with E-state index < -0.39 is 6.10 Å². The molecule has 0 aromatic carbocycles. The maximum absolute atomic E-state index is 9.90. The van der Waals surface area contributed by atoms with Gasteiger partial charge >= 0.3 is 0 Å². The Hall–Kier alpha value is -0.900. The van der Waals surface area contributed by atoms with Gasteiger partial charge in [0.1, 0.15) is 0 Å². The minimum atomic E-state index is -0.464. The van der Waals surface area contributed by atoms with E-state index >= 15 is 0 Å². The van der Waals surface area contributed by atoms with Gasteiger partial charge in [-0.3, -0.25) is 0 Å². The maximum Gasteiger partial charge on any atom is 0.232 e. The van der Waals surface area contributed by atoms with Gasteiger partial charge < -0.3 is 9.63 Å². The molecule has 0 bridgehead atoms. The van der Waals surface area contributed by atoms with Crippen molar-refractivity contribution in [2.24, 2.45) is 11.3 Å². The molecule has 1 aromatic rings. The van der Waals surface area contributed by atoms with E-state index in [4.69, 9.17) is 4.52 Å². The molecule has 1 heterocycles. The van der Waals surface area contributed by atoms with Crippen molar-refractivity contribution >= 4 is 0 Å². The number of nitrogens with zero attached hydrogens (tertiary/aromatic N) is 2. The molecule has 0 aliphatic heterocycles. The Bertz CT molecular complexity index is 419. The highest BCUT2D eigenvalue weighted by molar-refractivity contribution is 5.03. The Morgan fingerprint density at radius 3 is 2.30 bits per heavy atom. The monoisotopic (exact) mass is 280 g/mol.